The van der Waals surface area contributed by atoms with Crippen molar-refractivity contribution in [3.8, 4) is 0 Å². The molecule has 7 heavy (non-hydrogen) atoms. The Labute approximate surface area is 40.8 Å². The normalized spacial score (nSPS) is 10.4. The van der Waals surface area contributed by atoms with Crippen LogP contribution in [0.5, 0.6) is 0 Å². The molecule has 0 bridgehead atoms. The van der Waals surface area contributed by atoms with Gasteiger partial charge in [-0.2, -0.15) is 13.6 Å². The van der Waals surface area contributed by atoms with Crippen molar-refractivity contribution in [2.45, 2.75) is 0 Å². The predicted molar refractivity (Wildman–Crippen MR) is 23.0 cm³/mol. The standard InChI is InChI=1S/CH4N2O3S/c2-1-6-7(3,4)5/h1-2H,(H2,3,4,5). The van der Waals surface area contributed by atoms with Gasteiger partial charge in [0, 0.05) is 0 Å². The Bertz CT molecular complexity index is 146. The van der Waals surface area contributed by atoms with E-state index >= 15 is 0 Å². The van der Waals surface area contributed by atoms with Crippen LogP contribution in [0.1, 0.15) is 0 Å². The molecule has 0 aromatic carbocycles. The van der Waals surface area contributed by atoms with Gasteiger partial charge in [-0.05, 0) is 0 Å². The van der Waals surface area contributed by atoms with Gasteiger partial charge in [0.1, 0.15) is 0 Å². The molecule has 0 unspecified atom stereocenters. The van der Waals surface area contributed by atoms with Crippen LogP contribution in [-0.2, 0) is 14.5 Å². The zero-order valence-corrected chi connectivity index (χ0v) is 4.10. The average molecular weight is 124 g/mol. The predicted octanol–water partition coefficient (Wildman–Crippen LogP) is -1.19. The van der Waals surface area contributed by atoms with Crippen LogP contribution in [0, 0.1) is 5.41 Å². The zero-order chi connectivity index (χ0) is 5.91. The minimum absolute atomic E-state index is 0.245. The Morgan fingerprint density at radius 2 is 2.14 bits per heavy atom. The molecule has 6 heteroatoms. The first-order chi connectivity index (χ1) is 3.06. The SMILES string of the molecule is N=COS(N)(=O)=O. The third kappa shape index (κ3) is 5.38. The van der Waals surface area contributed by atoms with Gasteiger partial charge < -0.3 is 4.18 Å². The molecule has 0 rings (SSSR count). The van der Waals surface area contributed by atoms with Crippen molar-refractivity contribution in [2.24, 2.45) is 5.14 Å². The van der Waals surface area contributed by atoms with Crippen molar-refractivity contribution >= 4 is 16.7 Å². The molecule has 0 radical (unpaired) electrons. The highest BCUT2D eigenvalue weighted by atomic mass is 32.2. The maximum Gasteiger partial charge on any atom is 0.380 e. The number of hydrogen-bond acceptors (Lipinski definition) is 4. The highest BCUT2D eigenvalue weighted by molar-refractivity contribution is 7.84. The Kier molecular flexibility index (Phi) is 1.73. The monoisotopic (exact) mass is 124 g/mol. The molecule has 0 aliphatic heterocycles. The summed E-state index contributed by atoms with van der Waals surface area (Å²) in [6, 6.07) is 0. The number of nitrogens with one attached hydrogen (secondary N) is 1. The topological polar surface area (TPSA) is 93.2 Å². The van der Waals surface area contributed by atoms with E-state index in [1.54, 1.807) is 0 Å². The molecule has 3 N–H and O–H groups in total. The molecular formula is CH4N2O3S. The van der Waals surface area contributed by atoms with Crippen LogP contribution in [0.3, 0.4) is 0 Å². The number of nitrogens with two attached hydrogens (primary N) is 1. The highest BCUT2D eigenvalue weighted by Crippen LogP contribution is 1.71. The summed E-state index contributed by atoms with van der Waals surface area (Å²) in [6.45, 7) is 0. The van der Waals surface area contributed by atoms with Crippen LogP contribution < -0.4 is 5.14 Å². The van der Waals surface area contributed by atoms with Gasteiger partial charge in [0.2, 0.25) is 0 Å². The van der Waals surface area contributed by atoms with Crippen LogP contribution in [-0.4, -0.2) is 14.8 Å². The van der Waals surface area contributed by atoms with Crippen LogP contribution in [0.15, 0.2) is 0 Å². The molecule has 0 aliphatic rings. The average Bonchev–Trinajstić information content (AvgIpc) is 1.30. The van der Waals surface area contributed by atoms with Crippen LogP contribution >= 0.6 is 0 Å². The summed E-state index contributed by atoms with van der Waals surface area (Å²) in [5.41, 5.74) is 0. The largest absolute Gasteiger partial charge is 0.380 e. The van der Waals surface area contributed by atoms with E-state index in [1.165, 1.54) is 0 Å². The third-order valence-corrected chi connectivity index (χ3v) is 0.547. The quantitative estimate of drug-likeness (QED) is 0.358. The molecule has 42 valence electrons. The summed E-state index contributed by atoms with van der Waals surface area (Å²) in [6.07, 6.45) is 0.245. The van der Waals surface area contributed by atoms with E-state index in [9.17, 15) is 8.42 Å². The first-order valence-corrected chi connectivity index (χ1v) is 2.73. The summed E-state index contributed by atoms with van der Waals surface area (Å²) < 4.78 is 22.8. The lowest BCUT2D eigenvalue weighted by Gasteiger charge is -1.87. The first-order valence-electron chi connectivity index (χ1n) is 1.26. The Morgan fingerprint density at radius 1 is 1.71 bits per heavy atom. The molecule has 0 aromatic rings. The third-order valence-electron chi connectivity index (χ3n) is 0.182. The molecule has 0 heterocycles. The Morgan fingerprint density at radius 3 is 2.14 bits per heavy atom. The fourth-order valence-electron chi connectivity index (χ4n) is 0.0671. The van der Waals surface area contributed by atoms with Crippen molar-refractivity contribution < 1.29 is 12.6 Å². The molecular weight excluding hydrogens is 120 g/mol. The summed E-state index contributed by atoms with van der Waals surface area (Å²) in [5, 5.41) is 10.3. The van der Waals surface area contributed by atoms with Crippen molar-refractivity contribution in [3.63, 3.8) is 0 Å². The second-order valence-electron chi connectivity index (χ2n) is 0.707. The minimum Gasteiger partial charge on any atom is -0.359 e. The Balaban J connectivity index is 3.84. The van der Waals surface area contributed by atoms with E-state index in [0.717, 1.165) is 0 Å². The lowest BCUT2D eigenvalue weighted by Crippen LogP contribution is -2.14. The minimum atomic E-state index is -3.92. The Hall–Kier alpha value is -0.620. The van der Waals surface area contributed by atoms with Crippen molar-refractivity contribution in [1.29, 1.82) is 5.41 Å². The maximum atomic E-state index is 9.64. The van der Waals surface area contributed by atoms with Gasteiger partial charge in [0.25, 0.3) is 0 Å². The molecule has 0 amide bonds. The van der Waals surface area contributed by atoms with E-state index in [0.29, 0.717) is 0 Å². The fourth-order valence-corrected chi connectivity index (χ4v) is 0.201. The smallest absolute Gasteiger partial charge is 0.359 e. The van der Waals surface area contributed by atoms with E-state index in [2.05, 4.69) is 9.32 Å². The number of rotatable bonds is 2. The zero-order valence-electron chi connectivity index (χ0n) is 3.29. The van der Waals surface area contributed by atoms with Crippen LogP contribution in [0.4, 0.5) is 0 Å². The van der Waals surface area contributed by atoms with E-state index in [4.69, 9.17) is 5.41 Å². The molecule has 0 aliphatic carbocycles. The summed E-state index contributed by atoms with van der Waals surface area (Å²) in [7, 11) is -3.92. The van der Waals surface area contributed by atoms with Gasteiger partial charge in [-0.3, -0.25) is 5.41 Å². The second kappa shape index (κ2) is 1.90. The van der Waals surface area contributed by atoms with Gasteiger partial charge in [-0.25, -0.2) is 0 Å². The van der Waals surface area contributed by atoms with Gasteiger partial charge in [0.05, 0.1) is 0 Å². The van der Waals surface area contributed by atoms with E-state index < -0.39 is 10.3 Å². The molecule has 0 aromatic heterocycles. The van der Waals surface area contributed by atoms with Gasteiger partial charge in [-0.15, -0.1) is 0 Å². The van der Waals surface area contributed by atoms with Crippen molar-refractivity contribution in [3.05, 3.63) is 0 Å². The molecule has 0 saturated heterocycles. The lowest BCUT2D eigenvalue weighted by molar-refractivity contribution is 0.492. The second-order valence-corrected chi connectivity index (χ2v) is 1.88. The molecule has 0 spiro atoms. The van der Waals surface area contributed by atoms with Gasteiger partial charge in [-0.1, -0.05) is 0 Å². The summed E-state index contributed by atoms with van der Waals surface area (Å²) in [5.74, 6) is 0. The van der Waals surface area contributed by atoms with E-state index in [1.807, 2.05) is 0 Å². The van der Waals surface area contributed by atoms with Gasteiger partial charge in [0.15, 0.2) is 6.40 Å². The molecule has 0 saturated carbocycles. The fraction of sp³-hybridized carbons (Fsp3) is 0. The van der Waals surface area contributed by atoms with Crippen LogP contribution in [0.2, 0.25) is 0 Å². The summed E-state index contributed by atoms with van der Waals surface area (Å²) in [4.78, 5) is 0. The molecule has 0 fully saturated rings. The number of hydrogen-bond donors (Lipinski definition) is 2. The van der Waals surface area contributed by atoms with E-state index in [-0.39, 0.29) is 6.40 Å². The first kappa shape index (κ1) is 6.38. The van der Waals surface area contributed by atoms with Crippen molar-refractivity contribution in [2.75, 3.05) is 0 Å². The van der Waals surface area contributed by atoms with Crippen molar-refractivity contribution in [1.82, 2.24) is 0 Å². The maximum absolute atomic E-state index is 9.64. The lowest BCUT2D eigenvalue weighted by atomic mass is 11.6. The molecule has 0 atom stereocenters. The summed E-state index contributed by atoms with van der Waals surface area (Å²) >= 11 is 0. The molecule has 5 nitrogen and oxygen atoms in total. The highest BCUT2D eigenvalue weighted by Gasteiger charge is 1.94. The van der Waals surface area contributed by atoms with Gasteiger partial charge >= 0.3 is 10.3 Å². The van der Waals surface area contributed by atoms with Crippen LogP contribution in [0.25, 0.3) is 0 Å².